The summed E-state index contributed by atoms with van der Waals surface area (Å²) in [6.45, 7) is 0.637. The number of carbonyl (C=O) groups excluding carboxylic acids is 2. The molecule has 0 saturated carbocycles. The van der Waals surface area contributed by atoms with Gasteiger partial charge in [-0.2, -0.15) is 5.26 Å². The predicted molar refractivity (Wildman–Crippen MR) is 144 cm³/mol. The molecule has 0 aliphatic heterocycles. The Bertz CT molecular complexity index is 1460. The molecule has 8 nitrogen and oxygen atoms in total. The highest BCUT2D eigenvalue weighted by Crippen LogP contribution is 2.35. The van der Waals surface area contributed by atoms with Gasteiger partial charge < -0.3 is 21.5 Å². The van der Waals surface area contributed by atoms with E-state index in [1.807, 2.05) is 0 Å². The van der Waals surface area contributed by atoms with Gasteiger partial charge in [0.25, 0.3) is 11.8 Å². The van der Waals surface area contributed by atoms with Crippen molar-refractivity contribution in [2.24, 2.45) is 5.73 Å². The van der Waals surface area contributed by atoms with Gasteiger partial charge in [-0.15, -0.1) is 0 Å². The quantitative estimate of drug-likeness (QED) is 0.297. The Balaban J connectivity index is 0.00000380. The number of aromatic nitrogens is 1. The first-order valence-corrected chi connectivity index (χ1v) is 11.2. The topological polar surface area (TPSA) is 141 Å². The normalized spacial score (nSPS) is 10.1. The van der Waals surface area contributed by atoms with Crippen LogP contribution in [0.1, 0.15) is 33.7 Å². The van der Waals surface area contributed by atoms with Crippen molar-refractivity contribution in [3.63, 3.8) is 0 Å². The number of amides is 2. The number of hydrogen-bond acceptors (Lipinski definition) is 6. The number of rotatable bonds is 7. The second kappa shape index (κ2) is 12.1. The van der Waals surface area contributed by atoms with Gasteiger partial charge in [0.1, 0.15) is 17.4 Å². The van der Waals surface area contributed by atoms with Gasteiger partial charge in [0.2, 0.25) is 0 Å². The number of benzene rings is 3. The fourth-order valence-electron chi connectivity index (χ4n) is 3.69. The summed E-state index contributed by atoms with van der Waals surface area (Å²) >= 11 is 0. The SMILES string of the molecule is C.N#Cc1c(-c2cccc(C(=O)NCCN)c2)cc(-c2ccccc2O)nc1NC(=O)c1ccccc1. The Kier molecular flexibility index (Phi) is 8.71. The summed E-state index contributed by atoms with van der Waals surface area (Å²) in [4.78, 5) is 29.9. The summed E-state index contributed by atoms with van der Waals surface area (Å²) in [6.07, 6.45) is 0. The predicted octanol–water partition coefficient (Wildman–Crippen LogP) is 4.57. The van der Waals surface area contributed by atoms with E-state index in [1.165, 1.54) is 6.07 Å². The van der Waals surface area contributed by atoms with Crippen LogP contribution in [0.3, 0.4) is 0 Å². The Labute approximate surface area is 215 Å². The van der Waals surface area contributed by atoms with Crippen LogP contribution in [-0.2, 0) is 0 Å². The fourth-order valence-corrected chi connectivity index (χ4v) is 3.69. The van der Waals surface area contributed by atoms with E-state index in [0.717, 1.165) is 0 Å². The van der Waals surface area contributed by atoms with Crippen molar-refractivity contribution >= 4 is 17.6 Å². The molecule has 1 heterocycles. The molecule has 2 amide bonds. The molecule has 0 saturated heterocycles. The fraction of sp³-hybridized carbons (Fsp3) is 0.103. The third kappa shape index (κ3) is 5.99. The van der Waals surface area contributed by atoms with Crippen LogP contribution in [0.15, 0.2) is 84.9 Å². The van der Waals surface area contributed by atoms with Crippen molar-refractivity contribution < 1.29 is 14.7 Å². The lowest BCUT2D eigenvalue weighted by Gasteiger charge is -2.15. The molecular weight excluding hydrogens is 466 g/mol. The molecule has 0 atom stereocenters. The number of nitrogens with one attached hydrogen (secondary N) is 2. The van der Waals surface area contributed by atoms with Crippen LogP contribution in [0.5, 0.6) is 5.75 Å². The van der Waals surface area contributed by atoms with Gasteiger partial charge in [0.05, 0.1) is 5.69 Å². The van der Waals surface area contributed by atoms with E-state index in [4.69, 9.17) is 5.73 Å². The van der Waals surface area contributed by atoms with Crippen molar-refractivity contribution in [2.45, 2.75) is 7.43 Å². The third-order valence-corrected chi connectivity index (χ3v) is 5.44. The summed E-state index contributed by atoms with van der Waals surface area (Å²) in [5, 5.41) is 26.0. The molecule has 4 rings (SSSR count). The highest BCUT2D eigenvalue weighted by Gasteiger charge is 2.19. The van der Waals surface area contributed by atoms with Crippen LogP contribution in [0.2, 0.25) is 0 Å². The number of carbonyl (C=O) groups is 2. The minimum atomic E-state index is -0.435. The summed E-state index contributed by atoms with van der Waals surface area (Å²) in [7, 11) is 0. The molecule has 8 heteroatoms. The molecule has 0 radical (unpaired) electrons. The number of para-hydroxylation sites is 1. The molecule has 0 aliphatic rings. The van der Waals surface area contributed by atoms with Crippen LogP contribution in [0, 0.1) is 11.3 Å². The number of nitrogens with zero attached hydrogens (tertiary/aromatic N) is 2. The number of hydrogen-bond donors (Lipinski definition) is 4. The molecule has 0 spiro atoms. The highest BCUT2D eigenvalue weighted by atomic mass is 16.3. The van der Waals surface area contributed by atoms with Gasteiger partial charge in [0.15, 0.2) is 5.82 Å². The number of phenols is 1. The number of nitrogens with two attached hydrogens (primary N) is 1. The number of phenolic OH excluding ortho intramolecular Hbond substituents is 1. The van der Waals surface area contributed by atoms with E-state index < -0.39 is 5.91 Å². The van der Waals surface area contributed by atoms with Crippen molar-refractivity contribution in [1.82, 2.24) is 10.3 Å². The zero-order valence-corrected chi connectivity index (χ0v) is 19.2. The molecular formula is C29H27N5O3. The molecule has 1 aromatic heterocycles. The van der Waals surface area contributed by atoms with Crippen molar-refractivity contribution in [3.8, 4) is 34.2 Å². The number of anilines is 1. The lowest BCUT2D eigenvalue weighted by molar-refractivity contribution is 0.0954. The molecule has 186 valence electrons. The van der Waals surface area contributed by atoms with Gasteiger partial charge in [-0.1, -0.05) is 49.9 Å². The third-order valence-electron chi connectivity index (χ3n) is 5.44. The molecule has 0 aliphatic carbocycles. The minimum Gasteiger partial charge on any atom is -0.507 e. The van der Waals surface area contributed by atoms with Crippen molar-refractivity contribution in [3.05, 3.63) is 102 Å². The first kappa shape index (κ1) is 26.6. The van der Waals surface area contributed by atoms with Crippen molar-refractivity contribution in [2.75, 3.05) is 18.4 Å². The lowest BCUT2D eigenvalue weighted by atomic mass is 9.96. The zero-order valence-electron chi connectivity index (χ0n) is 19.2. The van der Waals surface area contributed by atoms with Gasteiger partial charge >= 0.3 is 0 Å². The molecule has 3 aromatic carbocycles. The molecule has 37 heavy (non-hydrogen) atoms. The lowest BCUT2D eigenvalue weighted by Crippen LogP contribution is -2.28. The van der Waals surface area contributed by atoms with E-state index in [2.05, 4.69) is 21.7 Å². The monoisotopic (exact) mass is 493 g/mol. The second-order valence-electron chi connectivity index (χ2n) is 7.85. The van der Waals surface area contributed by atoms with E-state index in [1.54, 1.807) is 78.9 Å². The van der Waals surface area contributed by atoms with Gasteiger partial charge in [0, 0.05) is 35.3 Å². The Morgan fingerprint density at radius 1 is 0.892 bits per heavy atom. The van der Waals surface area contributed by atoms with Gasteiger partial charge in [-0.3, -0.25) is 9.59 Å². The first-order chi connectivity index (χ1) is 17.5. The van der Waals surface area contributed by atoms with Gasteiger partial charge in [-0.05, 0) is 48.0 Å². The van der Waals surface area contributed by atoms with Crippen LogP contribution >= 0.6 is 0 Å². The van der Waals surface area contributed by atoms with Crippen LogP contribution in [0.4, 0.5) is 5.82 Å². The number of nitriles is 1. The largest absolute Gasteiger partial charge is 0.507 e. The minimum absolute atomic E-state index is 0. The van der Waals surface area contributed by atoms with Crippen LogP contribution < -0.4 is 16.4 Å². The maximum Gasteiger partial charge on any atom is 0.256 e. The van der Waals surface area contributed by atoms with E-state index in [-0.39, 0.29) is 30.5 Å². The maximum absolute atomic E-state index is 12.9. The summed E-state index contributed by atoms with van der Waals surface area (Å²) in [5.41, 5.74) is 8.19. The number of aromatic hydroxyl groups is 1. The Morgan fingerprint density at radius 2 is 1.59 bits per heavy atom. The summed E-state index contributed by atoms with van der Waals surface area (Å²) < 4.78 is 0. The van der Waals surface area contributed by atoms with Crippen LogP contribution in [-0.4, -0.2) is 35.0 Å². The zero-order chi connectivity index (χ0) is 25.5. The molecule has 0 fully saturated rings. The van der Waals surface area contributed by atoms with E-state index >= 15 is 0 Å². The summed E-state index contributed by atoms with van der Waals surface area (Å²) in [6, 6.07) is 25.8. The number of pyridine rings is 1. The second-order valence-corrected chi connectivity index (χ2v) is 7.85. The van der Waals surface area contributed by atoms with E-state index in [0.29, 0.717) is 46.6 Å². The molecule has 4 aromatic rings. The Hall–Kier alpha value is -5.00. The molecule has 0 unspecified atom stereocenters. The Morgan fingerprint density at radius 3 is 2.30 bits per heavy atom. The average molecular weight is 494 g/mol. The van der Waals surface area contributed by atoms with Crippen LogP contribution in [0.25, 0.3) is 22.4 Å². The molecule has 5 N–H and O–H groups in total. The molecule has 0 bridgehead atoms. The maximum atomic E-state index is 12.9. The van der Waals surface area contributed by atoms with E-state index in [9.17, 15) is 20.0 Å². The van der Waals surface area contributed by atoms with Gasteiger partial charge in [-0.25, -0.2) is 4.98 Å². The smallest absolute Gasteiger partial charge is 0.256 e. The average Bonchev–Trinajstić information content (AvgIpc) is 2.92. The first-order valence-electron chi connectivity index (χ1n) is 11.2. The standard InChI is InChI=1S/C28H23N5O3.CH4/c29-13-14-31-27(35)20-10-6-9-19(15-20)22-16-24(21-11-4-5-12-25(21)34)32-26(23(22)17-30)33-28(36)18-7-2-1-3-8-18;/h1-12,15-16,34H,13-14,29H2,(H,31,35)(H,32,33,36);1H4. The highest BCUT2D eigenvalue weighted by molar-refractivity contribution is 6.05. The summed E-state index contributed by atoms with van der Waals surface area (Å²) in [5.74, 6) is -0.695. The van der Waals surface area contributed by atoms with Crippen molar-refractivity contribution in [1.29, 1.82) is 5.26 Å².